The van der Waals surface area contributed by atoms with Crippen LogP contribution < -0.4 is 11.3 Å². The molecule has 0 saturated heterocycles. The van der Waals surface area contributed by atoms with Crippen LogP contribution in [0.25, 0.3) is 16.6 Å². The van der Waals surface area contributed by atoms with Crippen LogP contribution in [-0.4, -0.2) is 14.8 Å². The van der Waals surface area contributed by atoms with Crippen molar-refractivity contribution >= 4 is 16.7 Å². The Balaban J connectivity index is 1.77. The van der Waals surface area contributed by atoms with Gasteiger partial charge in [-0.3, -0.25) is 4.79 Å². The zero-order chi connectivity index (χ0) is 15.1. The van der Waals surface area contributed by atoms with Crippen LogP contribution in [-0.2, 0) is 0 Å². The third-order valence-electron chi connectivity index (χ3n) is 4.48. The number of hydrogen-bond donors (Lipinski definition) is 2. The van der Waals surface area contributed by atoms with Crippen molar-refractivity contribution in [3.8, 4) is 5.69 Å². The van der Waals surface area contributed by atoms with Crippen LogP contribution in [0.4, 0.5) is 5.82 Å². The van der Waals surface area contributed by atoms with Gasteiger partial charge >= 0.3 is 0 Å². The molecule has 0 spiro atoms. The summed E-state index contributed by atoms with van der Waals surface area (Å²) < 4.78 is 1.79. The molecule has 1 aliphatic rings. The summed E-state index contributed by atoms with van der Waals surface area (Å²) in [5.41, 5.74) is 8.89. The largest absolute Gasteiger partial charge is 0.384 e. The molecule has 0 aliphatic heterocycles. The van der Waals surface area contributed by atoms with Crippen LogP contribution in [0.1, 0.15) is 37.3 Å². The Morgan fingerprint density at radius 2 is 1.95 bits per heavy atom. The molecule has 0 radical (unpaired) electrons. The van der Waals surface area contributed by atoms with Gasteiger partial charge in [-0.15, -0.1) is 0 Å². The Bertz CT molecular complexity index is 887. The highest BCUT2D eigenvalue weighted by Crippen LogP contribution is 2.34. The van der Waals surface area contributed by atoms with E-state index in [4.69, 9.17) is 10.8 Å². The molecule has 0 bridgehead atoms. The number of pyridine rings is 1. The van der Waals surface area contributed by atoms with Crippen molar-refractivity contribution in [1.29, 1.82) is 0 Å². The fraction of sp³-hybridized carbons (Fsp3) is 0.294. The highest BCUT2D eigenvalue weighted by atomic mass is 16.1. The minimum atomic E-state index is -0.0950. The van der Waals surface area contributed by atoms with E-state index in [1.54, 1.807) is 4.68 Å². The Morgan fingerprint density at radius 1 is 1.14 bits per heavy atom. The number of hydrogen-bond acceptors (Lipinski definition) is 3. The number of nitrogens with one attached hydrogen (secondary N) is 1. The van der Waals surface area contributed by atoms with Crippen molar-refractivity contribution in [2.45, 2.75) is 31.6 Å². The van der Waals surface area contributed by atoms with Crippen molar-refractivity contribution in [2.24, 2.45) is 0 Å². The van der Waals surface area contributed by atoms with E-state index in [1.165, 1.54) is 31.7 Å². The minimum Gasteiger partial charge on any atom is -0.384 e. The lowest BCUT2D eigenvalue weighted by Crippen LogP contribution is -2.05. The lowest BCUT2D eigenvalue weighted by atomic mass is 10.1. The molecule has 5 nitrogen and oxygen atoms in total. The Morgan fingerprint density at radius 3 is 2.77 bits per heavy atom. The molecule has 4 rings (SSSR count). The van der Waals surface area contributed by atoms with E-state index in [2.05, 4.69) is 4.98 Å². The summed E-state index contributed by atoms with van der Waals surface area (Å²) >= 11 is 0. The van der Waals surface area contributed by atoms with Gasteiger partial charge in [-0.1, -0.05) is 12.8 Å². The summed E-state index contributed by atoms with van der Waals surface area (Å²) in [6.45, 7) is 0. The molecule has 5 heteroatoms. The van der Waals surface area contributed by atoms with Crippen LogP contribution >= 0.6 is 0 Å². The number of nitrogens with zero attached hydrogens (tertiary/aromatic N) is 2. The molecule has 2 heterocycles. The zero-order valence-electron chi connectivity index (χ0n) is 12.2. The second kappa shape index (κ2) is 5.02. The first kappa shape index (κ1) is 13.1. The quantitative estimate of drug-likeness (QED) is 0.763. The maximum atomic E-state index is 11.3. The molecule has 1 saturated carbocycles. The van der Waals surface area contributed by atoms with Gasteiger partial charge in [0.1, 0.15) is 5.82 Å². The number of aromatic nitrogens is 3. The fourth-order valence-corrected chi connectivity index (χ4v) is 3.32. The predicted molar refractivity (Wildman–Crippen MR) is 87.3 cm³/mol. The molecular weight excluding hydrogens is 276 g/mol. The summed E-state index contributed by atoms with van der Waals surface area (Å²) in [6, 6.07) is 11.2. The van der Waals surface area contributed by atoms with Gasteiger partial charge in [0.2, 0.25) is 5.56 Å². The average molecular weight is 294 g/mol. The van der Waals surface area contributed by atoms with Crippen molar-refractivity contribution in [2.75, 3.05) is 5.73 Å². The number of H-pyrrole nitrogens is 1. The van der Waals surface area contributed by atoms with E-state index in [-0.39, 0.29) is 5.56 Å². The summed E-state index contributed by atoms with van der Waals surface area (Å²) in [5.74, 6) is 1.20. The van der Waals surface area contributed by atoms with E-state index < -0.39 is 0 Å². The maximum Gasteiger partial charge on any atom is 0.248 e. The molecule has 1 fully saturated rings. The maximum absolute atomic E-state index is 11.3. The van der Waals surface area contributed by atoms with Crippen LogP contribution in [0.5, 0.6) is 0 Å². The summed E-state index contributed by atoms with van der Waals surface area (Å²) in [6.07, 6.45) is 4.96. The van der Waals surface area contributed by atoms with Crippen LogP contribution in [0.3, 0.4) is 0 Å². The van der Waals surface area contributed by atoms with Gasteiger partial charge in [-0.05, 0) is 37.1 Å². The normalized spacial score (nSPS) is 15.6. The highest BCUT2D eigenvalue weighted by Gasteiger charge is 2.21. The lowest BCUT2D eigenvalue weighted by Gasteiger charge is -2.06. The van der Waals surface area contributed by atoms with Gasteiger partial charge < -0.3 is 10.7 Å². The van der Waals surface area contributed by atoms with Crippen LogP contribution in [0.2, 0.25) is 0 Å². The average Bonchev–Trinajstić information content (AvgIpc) is 3.16. The first-order valence-electron chi connectivity index (χ1n) is 7.69. The van der Waals surface area contributed by atoms with Crippen molar-refractivity contribution < 1.29 is 0 Å². The first-order chi connectivity index (χ1) is 10.7. The van der Waals surface area contributed by atoms with Gasteiger partial charge in [0.15, 0.2) is 0 Å². The summed E-state index contributed by atoms with van der Waals surface area (Å²) in [5, 5.41) is 5.67. The van der Waals surface area contributed by atoms with Crippen molar-refractivity contribution in [3.05, 3.63) is 52.4 Å². The molecular formula is C17H18N4O. The molecule has 0 unspecified atom stereocenters. The smallest absolute Gasteiger partial charge is 0.248 e. The number of fused-ring (bicyclic) bond motifs is 1. The van der Waals surface area contributed by atoms with Crippen molar-refractivity contribution in [3.63, 3.8) is 0 Å². The Labute approximate surface area is 127 Å². The molecule has 3 N–H and O–H groups in total. The lowest BCUT2D eigenvalue weighted by molar-refractivity contribution is 0.679. The molecule has 0 amide bonds. The van der Waals surface area contributed by atoms with Gasteiger partial charge in [0.25, 0.3) is 0 Å². The fourth-order valence-electron chi connectivity index (χ4n) is 3.32. The Hall–Kier alpha value is -2.56. The SMILES string of the molecule is Nc1cc(C2CCCC2)nn1-c1ccc2[nH]c(=O)ccc2c1. The van der Waals surface area contributed by atoms with Gasteiger partial charge in [0.05, 0.1) is 11.4 Å². The molecule has 22 heavy (non-hydrogen) atoms. The number of aromatic amines is 1. The molecule has 3 aromatic rings. The number of anilines is 1. The van der Waals surface area contributed by atoms with Crippen LogP contribution in [0, 0.1) is 0 Å². The van der Waals surface area contributed by atoms with Crippen LogP contribution in [0.15, 0.2) is 41.2 Å². The standard InChI is InChI=1S/C17H18N4O/c18-16-10-15(11-3-1-2-4-11)20-21(16)13-6-7-14-12(9-13)5-8-17(22)19-14/h5-11H,1-4,18H2,(H,19,22). The van der Waals surface area contributed by atoms with E-state index in [0.29, 0.717) is 11.7 Å². The van der Waals surface area contributed by atoms with Gasteiger partial charge in [-0.2, -0.15) is 5.10 Å². The Kier molecular flexibility index (Phi) is 2.99. The molecule has 0 atom stereocenters. The van der Waals surface area contributed by atoms with E-state index >= 15 is 0 Å². The van der Waals surface area contributed by atoms with E-state index in [1.807, 2.05) is 30.3 Å². The van der Waals surface area contributed by atoms with E-state index in [0.717, 1.165) is 22.3 Å². The molecule has 2 aromatic heterocycles. The predicted octanol–water partition coefficient (Wildman–Crippen LogP) is 2.95. The third-order valence-corrected chi connectivity index (χ3v) is 4.48. The zero-order valence-corrected chi connectivity index (χ0v) is 12.2. The third kappa shape index (κ3) is 2.19. The number of nitrogen functional groups attached to an aromatic ring is 1. The number of benzene rings is 1. The van der Waals surface area contributed by atoms with Gasteiger partial charge in [0, 0.05) is 29.0 Å². The number of rotatable bonds is 2. The number of nitrogens with two attached hydrogens (primary N) is 1. The topological polar surface area (TPSA) is 76.7 Å². The first-order valence-corrected chi connectivity index (χ1v) is 7.69. The van der Waals surface area contributed by atoms with E-state index in [9.17, 15) is 4.79 Å². The molecule has 1 aromatic carbocycles. The molecule has 112 valence electrons. The second-order valence-corrected chi connectivity index (χ2v) is 5.98. The summed E-state index contributed by atoms with van der Waals surface area (Å²) in [7, 11) is 0. The summed E-state index contributed by atoms with van der Waals surface area (Å²) in [4.78, 5) is 14.2. The molecule has 1 aliphatic carbocycles. The second-order valence-electron chi connectivity index (χ2n) is 5.98. The minimum absolute atomic E-state index is 0.0950. The van der Waals surface area contributed by atoms with Crippen molar-refractivity contribution in [1.82, 2.24) is 14.8 Å². The van der Waals surface area contributed by atoms with Gasteiger partial charge in [-0.25, -0.2) is 4.68 Å². The highest BCUT2D eigenvalue weighted by molar-refractivity contribution is 5.80. The monoisotopic (exact) mass is 294 g/mol.